The number of hydrogen-bond acceptors (Lipinski definition) is 4. The number of carbonyl (C=O) groups is 1. The lowest BCUT2D eigenvalue weighted by atomic mass is 9.33. The summed E-state index contributed by atoms with van der Waals surface area (Å²) in [6.45, 7) is 13.3. The maximum absolute atomic E-state index is 12.8. The second-order valence-corrected chi connectivity index (χ2v) is 14.6. The first-order chi connectivity index (χ1) is 16.1. The van der Waals surface area contributed by atoms with Crippen molar-refractivity contribution >= 4 is 5.97 Å². The van der Waals surface area contributed by atoms with Gasteiger partial charge in [-0.05, 0) is 98.7 Å². The van der Waals surface area contributed by atoms with Gasteiger partial charge in [0.05, 0.1) is 23.7 Å². The van der Waals surface area contributed by atoms with Crippen LogP contribution in [-0.2, 0) is 4.79 Å². The molecule has 0 spiro atoms. The molecule has 0 bridgehead atoms. The highest BCUT2D eigenvalue weighted by Crippen LogP contribution is 2.76. The number of fused-ring (bicyclic) bond motifs is 7. The lowest BCUT2D eigenvalue weighted by molar-refractivity contribution is -0.225. The Morgan fingerprint density at radius 2 is 1.66 bits per heavy atom. The van der Waals surface area contributed by atoms with Gasteiger partial charge in [-0.15, -0.1) is 0 Å². The summed E-state index contributed by atoms with van der Waals surface area (Å²) in [5, 5.41) is 43.8. The van der Waals surface area contributed by atoms with Crippen molar-refractivity contribution in [2.24, 2.45) is 50.7 Å². The highest BCUT2D eigenvalue weighted by molar-refractivity contribution is 5.77. The molecule has 5 rings (SSSR count). The largest absolute Gasteiger partial charge is 0.481 e. The Bertz CT molecular complexity index is 941. The standard InChI is InChI=1S/C30H48O5/c1-18-9-14-30(24(33)34)16-15-27(4)19(23(30)29(18,6)35)7-8-21-25(2)12-11-22(32)26(3,17-31)20(25)10-13-28(21,27)5/h7,18,20-23,31-32,35H,8-17H2,1-6H3,(H,33,34)/t18-,20+,21-,22-,23+,25-,26-,27+,28-,29-,30-/m0/s1. The summed E-state index contributed by atoms with van der Waals surface area (Å²) >= 11 is 0. The van der Waals surface area contributed by atoms with Gasteiger partial charge in [0.15, 0.2) is 0 Å². The molecule has 0 radical (unpaired) electrons. The second kappa shape index (κ2) is 7.57. The number of aliphatic carboxylic acids is 1. The van der Waals surface area contributed by atoms with E-state index < -0.39 is 28.5 Å². The maximum atomic E-state index is 12.8. The summed E-state index contributed by atoms with van der Waals surface area (Å²) < 4.78 is 0. The van der Waals surface area contributed by atoms with E-state index in [2.05, 4.69) is 40.7 Å². The molecule has 4 fully saturated rings. The molecule has 0 saturated heterocycles. The van der Waals surface area contributed by atoms with Crippen LogP contribution in [0.2, 0.25) is 0 Å². The predicted octanol–water partition coefficient (Wildman–Crippen LogP) is 5.18. The SMILES string of the molecule is C[C@H]1CC[C@]2(C(=O)O)CC[C@]3(C)C(=CC[C@H]4[C@@]5(C)CC[C@H](O)[C@@](C)(CO)[C@@H]5CC[C@@]43C)[C@@H]2[C@@]1(C)O. The Balaban J connectivity index is 1.64. The van der Waals surface area contributed by atoms with Crippen molar-refractivity contribution in [3.05, 3.63) is 11.6 Å². The van der Waals surface area contributed by atoms with E-state index in [1.807, 2.05) is 6.92 Å². The molecule has 0 amide bonds. The zero-order valence-electron chi connectivity index (χ0n) is 22.7. The number of carboxylic acid groups (broad SMARTS) is 1. The quantitative estimate of drug-likeness (QED) is 0.402. The van der Waals surface area contributed by atoms with Gasteiger partial charge in [0.1, 0.15) is 0 Å². The minimum Gasteiger partial charge on any atom is -0.481 e. The number of allylic oxidation sites excluding steroid dienone is 1. The van der Waals surface area contributed by atoms with Crippen LogP contribution in [0.5, 0.6) is 0 Å². The van der Waals surface area contributed by atoms with Crippen LogP contribution in [0.4, 0.5) is 0 Å². The molecule has 0 aromatic carbocycles. The molecule has 5 heteroatoms. The van der Waals surface area contributed by atoms with E-state index in [1.54, 1.807) is 0 Å². The first-order valence-electron chi connectivity index (χ1n) is 14.1. The van der Waals surface area contributed by atoms with Gasteiger partial charge < -0.3 is 20.4 Å². The topological polar surface area (TPSA) is 98.0 Å². The first-order valence-corrected chi connectivity index (χ1v) is 14.1. The van der Waals surface area contributed by atoms with Crippen molar-refractivity contribution < 1.29 is 25.2 Å². The average Bonchev–Trinajstić information content (AvgIpc) is 2.79. The van der Waals surface area contributed by atoms with E-state index in [9.17, 15) is 25.2 Å². The summed E-state index contributed by atoms with van der Waals surface area (Å²) in [5.41, 5.74) is -1.35. The average molecular weight is 489 g/mol. The van der Waals surface area contributed by atoms with Crippen LogP contribution >= 0.6 is 0 Å². The van der Waals surface area contributed by atoms with Gasteiger partial charge in [-0.25, -0.2) is 0 Å². The molecule has 0 aliphatic heterocycles. The van der Waals surface area contributed by atoms with Crippen molar-refractivity contribution in [2.45, 2.75) is 111 Å². The highest BCUT2D eigenvalue weighted by Gasteiger charge is 2.71. The predicted molar refractivity (Wildman–Crippen MR) is 135 cm³/mol. The van der Waals surface area contributed by atoms with Crippen LogP contribution in [0.25, 0.3) is 0 Å². The van der Waals surface area contributed by atoms with Crippen molar-refractivity contribution in [2.75, 3.05) is 6.61 Å². The molecular formula is C30H48O5. The van der Waals surface area contributed by atoms with Crippen LogP contribution in [-0.4, -0.2) is 44.7 Å². The first kappa shape index (κ1) is 25.7. The molecule has 11 atom stereocenters. The number of hydrogen-bond donors (Lipinski definition) is 4. The Morgan fingerprint density at radius 3 is 2.29 bits per heavy atom. The van der Waals surface area contributed by atoms with Crippen LogP contribution in [0.3, 0.4) is 0 Å². The van der Waals surface area contributed by atoms with Crippen LogP contribution in [0.1, 0.15) is 99.3 Å². The molecule has 0 aromatic heterocycles. The summed E-state index contributed by atoms with van der Waals surface area (Å²) in [7, 11) is 0. The third-order valence-electron chi connectivity index (χ3n) is 13.6. The van der Waals surface area contributed by atoms with Gasteiger partial charge in [0.2, 0.25) is 0 Å². The number of aliphatic hydroxyl groups is 3. The number of rotatable bonds is 2. The van der Waals surface area contributed by atoms with Crippen LogP contribution < -0.4 is 0 Å². The van der Waals surface area contributed by atoms with E-state index >= 15 is 0 Å². The number of aliphatic hydroxyl groups excluding tert-OH is 2. The maximum Gasteiger partial charge on any atom is 0.310 e. The zero-order chi connectivity index (χ0) is 25.8. The summed E-state index contributed by atoms with van der Waals surface area (Å²) in [6.07, 6.45) is 9.32. The fourth-order valence-corrected chi connectivity index (χ4v) is 10.9. The molecule has 0 unspecified atom stereocenters. The van der Waals surface area contributed by atoms with Gasteiger partial charge >= 0.3 is 5.97 Å². The van der Waals surface area contributed by atoms with Gasteiger partial charge in [-0.3, -0.25) is 4.79 Å². The fraction of sp³-hybridized carbons (Fsp3) is 0.900. The molecule has 4 saturated carbocycles. The highest BCUT2D eigenvalue weighted by atomic mass is 16.4. The van der Waals surface area contributed by atoms with Crippen molar-refractivity contribution in [3.8, 4) is 0 Å². The van der Waals surface area contributed by atoms with Gasteiger partial charge in [0.25, 0.3) is 0 Å². The normalized spacial score (nSPS) is 57.7. The van der Waals surface area contributed by atoms with Crippen molar-refractivity contribution in [3.63, 3.8) is 0 Å². The Hall–Kier alpha value is -0.910. The molecule has 0 heterocycles. The smallest absolute Gasteiger partial charge is 0.310 e. The Morgan fingerprint density at radius 1 is 0.971 bits per heavy atom. The molecule has 5 aliphatic rings. The Kier molecular flexibility index (Phi) is 5.56. The third-order valence-corrected chi connectivity index (χ3v) is 13.6. The zero-order valence-corrected chi connectivity index (χ0v) is 22.7. The van der Waals surface area contributed by atoms with E-state index in [0.717, 1.165) is 44.9 Å². The van der Waals surface area contributed by atoms with E-state index in [4.69, 9.17) is 0 Å². The van der Waals surface area contributed by atoms with E-state index in [1.165, 1.54) is 5.57 Å². The van der Waals surface area contributed by atoms with Crippen molar-refractivity contribution in [1.29, 1.82) is 0 Å². The molecule has 0 aromatic rings. The van der Waals surface area contributed by atoms with E-state index in [-0.39, 0.29) is 40.6 Å². The molecule has 5 nitrogen and oxygen atoms in total. The molecular weight excluding hydrogens is 440 g/mol. The van der Waals surface area contributed by atoms with Gasteiger partial charge in [0, 0.05) is 11.3 Å². The van der Waals surface area contributed by atoms with Crippen LogP contribution in [0, 0.1) is 50.7 Å². The summed E-state index contributed by atoms with van der Waals surface area (Å²) in [4.78, 5) is 12.8. The van der Waals surface area contributed by atoms with Crippen LogP contribution in [0.15, 0.2) is 11.6 Å². The third kappa shape index (κ3) is 2.90. The molecule has 198 valence electrons. The summed E-state index contributed by atoms with van der Waals surface area (Å²) in [6, 6.07) is 0. The molecule has 35 heavy (non-hydrogen) atoms. The van der Waals surface area contributed by atoms with Gasteiger partial charge in [-0.1, -0.05) is 46.3 Å². The monoisotopic (exact) mass is 488 g/mol. The number of carboxylic acids is 1. The fourth-order valence-electron chi connectivity index (χ4n) is 10.9. The lowest BCUT2D eigenvalue weighted by Crippen LogP contribution is -2.68. The minimum absolute atomic E-state index is 0.0115. The Labute approximate surface area is 211 Å². The van der Waals surface area contributed by atoms with Gasteiger partial charge in [-0.2, -0.15) is 0 Å². The summed E-state index contributed by atoms with van der Waals surface area (Å²) in [5.74, 6) is -0.356. The van der Waals surface area contributed by atoms with E-state index in [0.29, 0.717) is 18.8 Å². The van der Waals surface area contributed by atoms with Crippen molar-refractivity contribution in [1.82, 2.24) is 0 Å². The molecule has 5 aliphatic carbocycles. The second-order valence-electron chi connectivity index (χ2n) is 14.6. The lowest BCUT2D eigenvalue weighted by Gasteiger charge is -2.71. The minimum atomic E-state index is -1.04. The molecule has 4 N–H and O–H groups in total.